The van der Waals surface area contributed by atoms with Crippen LogP contribution >= 0.6 is 15.9 Å². The molecule has 102 valence electrons. The van der Waals surface area contributed by atoms with E-state index < -0.39 is 0 Å². The van der Waals surface area contributed by atoms with E-state index in [2.05, 4.69) is 57.6 Å². The van der Waals surface area contributed by atoms with Crippen LogP contribution in [0.2, 0.25) is 0 Å². The highest BCUT2D eigenvalue weighted by molar-refractivity contribution is 9.10. The van der Waals surface area contributed by atoms with Crippen molar-refractivity contribution >= 4 is 21.6 Å². The largest absolute Gasteiger partial charge is 0.508 e. The van der Waals surface area contributed by atoms with Crippen LogP contribution in [0.25, 0.3) is 0 Å². The molecule has 0 spiro atoms. The van der Waals surface area contributed by atoms with Crippen LogP contribution in [0.4, 0.5) is 0 Å². The van der Waals surface area contributed by atoms with Crippen molar-refractivity contribution in [2.24, 2.45) is 5.10 Å². The minimum Gasteiger partial charge on any atom is -0.508 e. The molecular formula is C16H15BrN2O. The third kappa shape index (κ3) is 2.56. The molecule has 0 bridgehead atoms. The van der Waals surface area contributed by atoms with E-state index in [1.54, 1.807) is 6.07 Å². The number of hydrazone groups is 1. The average Bonchev–Trinajstić information content (AvgIpc) is 2.92. The van der Waals surface area contributed by atoms with Gasteiger partial charge in [0.15, 0.2) is 0 Å². The van der Waals surface area contributed by atoms with Gasteiger partial charge in [0.05, 0.1) is 11.8 Å². The number of benzene rings is 2. The number of rotatable bonds is 2. The molecule has 0 fully saturated rings. The molecule has 1 heterocycles. The molecule has 3 nitrogen and oxygen atoms in total. The smallest absolute Gasteiger partial charge is 0.120 e. The van der Waals surface area contributed by atoms with E-state index in [1.807, 2.05) is 12.1 Å². The zero-order valence-electron chi connectivity index (χ0n) is 11.1. The predicted molar refractivity (Wildman–Crippen MR) is 84.0 cm³/mol. The van der Waals surface area contributed by atoms with Gasteiger partial charge in [0.25, 0.3) is 0 Å². The summed E-state index contributed by atoms with van der Waals surface area (Å²) in [5.41, 5.74) is 7.36. The number of halogens is 1. The van der Waals surface area contributed by atoms with Crippen molar-refractivity contribution in [3.8, 4) is 5.75 Å². The second kappa shape index (κ2) is 5.29. The number of nitrogens with zero attached hydrogens (tertiary/aromatic N) is 1. The van der Waals surface area contributed by atoms with Crippen molar-refractivity contribution in [1.29, 1.82) is 0 Å². The Morgan fingerprint density at radius 3 is 2.70 bits per heavy atom. The highest BCUT2D eigenvalue weighted by Crippen LogP contribution is 2.32. The Morgan fingerprint density at radius 2 is 1.95 bits per heavy atom. The Kier molecular flexibility index (Phi) is 3.49. The van der Waals surface area contributed by atoms with Crippen LogP contribution in [-0.4, -0.2) is 10.8 Å². The van der Waals surface area contributed by atoms with Crippen LogP contribution in [0.15, 0.2) is 52.0 Å². The number of hydrogen-bond donors (Lipinski definition) is 2. The first kappa shape index (κ1) is 13.2. The number of nitrogens with one attached hydrogen (secondary N) is 1. The summed E-state index contributed by atoms with van der Waals surface area (Å²) in [7, 11) is 0. The van der Waals surface area contributed by atoms with Crippen molar-refractivity contribution in [1.82, 2.24) is 5.43 Å². The van der Waals surface area contributed by atoms with E-state index in [1.165, 1.54) is 5.56 Å². The summed E-state index contributed by atoms with van der Waals surface area (Å²) in [6.45, 7) is 2.07. The fourth-order valence-electron chi connectivity index (χ4n) is 2.35. The highest BCUT2D eigenvalue weighted by atomic mass is 79.9. The van der Waals surface area contributed by atoms with E-state index in [0.29, 0.717) is 5.75 Å². The summed E-state index contributed by atoms with van der Waals surface area (Å²) in [5.74, 6) is 0.297. The lowest BCUT2D eigenvalue weighted by Gasteiger charge is -2.12. The molecule has 2 N–H and O–H groups in total. The Bertz CT molecular complexity index is 665. The molecule has 0 aliphatic carbocycles. The fraction of sp³-hybridized carbons (Fsp3) is 0.188. The summed E-state index contributed by atoms with van der Waals surface area (Å²) in [6.07, 6.45) is 0.771. The molecule has 3 rings (SSSR count). The van der Waals surface area contributed by atoms with Gasteiger partial charge in [-0.25, -0.2) is 0 Å². The van der Waals surface area contributed by atoms with Crippen molar-refractivity contribution in [3.63, 3.8) is 0 Å². The summed E-state index contributed by atoms with van der Waals surface area (Å²) >= 11 is 3.44. The maximum absolute atomic E-state index is 9.98. The van der Waals surface area contributed by atoms with Crippen LogP contribution in [0.1, 0.15) is 29.2 Å². The second-order valence-electron chi connectivity index (χ2n) is 5.01. The molecule has 1 aliphatic rings. The van der Waals surface area contributed by atoms with E-state index in [-0.39, 0.29) is 6.04 Å². The first-order valence-electron chi connectivity index (χ1n) is 6.51. The van der Waals surface area contributed by atoms with E-state index in [0.717, 1.165) is 27.7 Å². The van der Waals surface area contributed by atoms with Gasteiger partial charge in [0.1, 0.15) is 5.75 Å². The van der Waals surface area contributed by atoms with E-state index in [9.17, 15) is 5.11 Å². The lowest BCUT2D eigenvalue weighted by Crippen LogP contribution is -2.10. The molecule has 1 atom stereocenters. The quantitative estimate of drug-likeness (QED) is 0.877. The van der Waals surface area contributed by atoms with Gasteiger partial charge < -0.3 is 10.5 Å². The monoisotopic (exact) mass is 330 g/mol. The minimum absolute atomic E-state index is 0.0174. The highest BCUT2D eigenvalue weighted by Gasteiger charge is 2.23. The zero-order valence-corrected chi connectivity index (χ0v) is 12.7. The summed E-state index contributed by atoms with van der Waals surface area (Å²) in [6, 6.07) is 13.8. The van der Waals surface area contributed by atoms with Crippen molar-refractivity contribution in [2.45, 2.75) is 19.4 Å². The summed E-state index contributed by atoms with van der Waals surface area (Å²) < 4.78 is 0.955. The van der Waals surface area contributed by atoms with Gasteiger partial charge in [-0.2, -0.15) is 5.10 Å². The van der Waals surface area contributed by atoms with Crippen LogP contribution in [-0.2, 0) is 0 Å². The second-order valence-corrected chi connectivity index (χ2v) is 5.93. The van der Waals surface area contributed by atoms with Crippen molar-refractivity contribution in [2.75, 3.05) is 0 Å². The lowest BCUT2D eigenvalue weighted by atomic mass is 9.98. The predicted octanol–water partition coefficient (Wildman–Crippen LogP) is 3.90. The summed E-state index contributed by atoms with van der Waals surface area (Å²) in [4.78, 5) is 0. The van der Waals surface area contributed by atoms with Crippen LogP contribution in [0.5, 0.6) is 5.75 Å². The molecule has 0 radical (unpaired) electrons. The Labute approximate surface area is 126 Å². The Morgan fingerprint density at radius 1 is 1.20 bits per heavy atom. The normalized spacial score (nSPS) is 17.7. The SMILES string of the molecule is Cc1ccc(C2=NN[C@H](c3cc(Br)ccc3O)C2)cc1. The van der Waals surface area contributed by atoms with Gasteiger partial charge in [-0.3, -0.25) is 0 Å². The number of phenols is 1. The first-order valence-corrected chi connectivity index (χ1v) is 7.30. The van der Waals surface area contributed by atoms with Crippen LogP contribution < -0.4 is 5.43 Å². The molecule has 0 saturated heterocycles. The third-order valence-electron chi connectivity index (χ3n) is 3.50. The van der Waals surface area contributed by atoms with Crippen molar-refractivity contribution < 1.29 is 5.11 Å². The molecular weight excluding hydrogens is 316 g/mol. The number of phenolic OH excluding ortho intramolecular Hbond substituents is 1. The molecule has 4 heteroatoms. The maximum Gasteiger partial charge on any atom is 0.120 e. The Hall–Kier alpha value is -1.81. The zero-order chi connectivity index (χ0) is 14.1. The van der Waals surface area contributed by atoms with Crippen LogP contribution in [0.3, 0.4) is 0 Å². The van der Waals surface area contributed by atoms with Gasteiger partial charge in [0, 0.05) is 16.5 Å². The van der Waals surface area contributed by atoms with Crippen LogP contribution in [0, 0.1) is 6.92 Å². The molecule has 0 amide bonds. The first-order chi connectivity index (χ1) is 9.63. The molecule has 20 heavy (non-hydrogen) atoms. The van der Waals surface area contributed by atoms with Gasteiger partial charge >= 0.3 is 0 Å². The van der Waals surface area contributed by atoms with Crippen molar-refractivity contribution in [3.05, 3.63) is 63.6 Å². The fourth-order valence-corrected chi connectivity index (χ4v) is 2.73. The number of hydrogen-bond acceptors (Lipinski definition) is 3. The standard InChI is InChI=1S/C16H15BrN2O/c1-10-2-4-11(5-3-10)14-9-15(19-18-14)13-8-12(17)6-7-16(13)20/h2-8,15,19-20H,9H2,1H3/t15-/m0/s1. The molecule has 0 saturated carbocycles. The molecule has 0 aromatic heterocycles. The Balaban J connectivity index is 1.82. The average molecular weight is 331 g/mol. The van der Waals surface area contributed by atoms with Gasteiger partial charge in [-0.05, 0) is 30.7 Å². The van der Waals surface area contributed by atoms with Gasteiger partial charge in [-0.1, -0.05) is 45.8 Å². The van der Waals surface area contributed by atoms with Gasteiger partial charge in [-0.15, -0.1) is 0 Å². The molecule has 0 unspecified atom stereocenters. The van der Waals surface area contributed by atoms with E-state index >= 15 is 0 Å². The maximum atomic E-state index is 9.98. The number of aromatic hydroxyl groups is 1. The topological polar surface area (TPSA) is 44.6 Å². The van der Waals surface area contributed by atoms with E-state index in [4.69, 9.17) is 0 Å². The molecule has 2 aromatic carbocycles. The number of aryl methyl sites for hydroxylation is 1. The third-order valence-corrected chi connectivity index (χ3v) is 4.00. The van der Waals surface area contributed by atoms with Gasteiger partial charge in [0.2, 0.25) is 0 Å². The molecule has 1 aliphatic heterocycles. The lowest BCUT2D eigenvalue weighted by molar-refractivity contribution is 0.455. The summed E-state index contributed by atoms with van der Waals surface area (Å²) in [5, 5.41) is 14.4. The molecule has 2 aromatic rings. The minimum atomic E-state index is 0.0174.